The van der Waals surface area contributed by atoms with Gasteiger partial charge in [-0.1, -0.05) is 24.6 Å². The van der Waals surface area contributed by atoms with Crippen molar-refractivity contribution in [1.82, 2.24) is 25.2 Å². The molecule has 0 aliphatic rings. The molecule has 0 aliphatic heterocycles. The third-order valence-corrected chi connectivity index (χ3v) is 4.82. The zero-order valence-corrected chi connectivity index (χ0v) is 12.5. The highest BCUT2D eigenvalue weighted by Crippen LogP contribution is 2.35. The van der Waals surface area contributed by atoms with E-state index in [-0.39, 0.29) is 0 Å². The van der Waals surface area contributed by atoms with Crippen molar-refractivity contribution in [3.05, 3.63) is 23.2 Å². The Balaban J connectivity index is 1.92. The molecule has 0 spiro atoms. The smallest absolute Gasteiger partial charge is 0.216 e. The molecule has 2 aromatic heterocycles. The van der Waals surface area contributed by atoms with E-state index in [2.05, 4.69) is 27.4 Å². The molecule has 3 rings (SSSR count). The molecule has 3 aromatic rings. The average molecular weight is 312 g/mol. The van der Waals surface area contributed by atoms with E-state index in [4.69, 9.17) is 11.6 Å². The Morgan fingerprint density at radius 3 is 3.11 bits per heavy atom. The minimum absolute atomic E-state index is 0.675. The van der Waals surface area contributed by atoms with Crippen LogP contribution in [0.2, 0.25) is 5.02 Å². The molecule has 8 heteroatoms. The summed E-state index contributed by atoms with van der Waals surface area (Å²) in [5.41, 5.74) is 0.839. The zero-order chi connectivity index (χ0) is 13.2. The zero-order valence-electron chi connectivity index (χ0n) is 10.1. The number of aryl methyl sites for hydroxylation is 1. The second-order valence-corrected chi connectivity index (χ2v) is 6.51. The van der Waals surface area contributed by atoms with Gasteiger partial charge in [0.15, 0.2) is 4.34 Å². The minimum atomic E-state index is 0.675. The van der Waals surface area contributed by atoms with Gasteiger partial charge in [-0.2, -0.15) is 0 Å². The highest BCUT2D eigenvalue weighted by molar-refractivity contribution is 8.01. The maximum Gasteiger partial charge on any atom is 0.216 e. The highest BCUT2D eigenvalue weighted by Gasteiger charge is 2.12. The Labute approximate surface area is 123 Å². The number of para-hydroxylation sites is 1. The molecule has 0 saturated carbocycles. The third kappa shape index (κ3) is 2.58. The molecule has 0 fully saturated rings. The number of aromatic nitrogens is 5. The topological polar surface area (TPSA) is 56.5 Å². The predicted octanol–water partition coefficient (Wildman–Crippen LogP) is 3.50. The summed E-state index contributed by atoms with van der Waals surface area (Å²) in [5.74, 6) is 0. The second kappa shape index (κ2) is 5.44. The lowest BCUT2D eigenvalue weighted by Gasteiger charge is -1.98. The quantitative estimate of drug-likeness (QED) is 0.738. The van der Waals surface area contributed by atoms with Crippen LogP contribution in [-0.2, 0) is 6.54 Å². The van der Waals surface area contributed by atoms with Crippen LogP contribution in [0, 0.1) is 0 Å². The first kappa shape index (κ1) is 12.8. The van der Waals surface area contributed by atoms with E-state index in [1.165, 1.54) is 11.8 Å². The molecule has 2 heterocycles. The van der Waals surface area contributed by atoms with E-state index in [1.807, 2.05) is 18.2 Å². The van der Waals surface area contributed by atoms with Crippen LogP contribution in [-0.4, -0.2) is 25.2 Å². The van der Waals surface area contributed by atoms with Crippen molar-refractivity contribution in [3.63, 3.8) is 0 Å². The second-order valence-electron chi connectivity index (χ2n) is 3.85. The normalized spacial score (nSPS) is 11.3. The van der Waals surface area contributed by atoms with Crippen LogP contribution in [0.3, 0.4) is 0 Å². The number of tetrazole rings is 1. The van der Waals surface area contributed by atoms with E-state index in [0.717, 1.165) is 32.7 Å². The van der Waals surface area contributed by atoms with Crippen molar-refractivity contribution < 1.29 is 0 Å². The van der Waals surface area contributed by atoms with Crippen LogP contribution in [0.15, 0.2) is 27.7 Å². The summed E-state index contributed by atoms with van der Waals surface area (Å²) in [7, 11) is 0. The minimum Gasteiger partial charge on any atom is -0.228 e. The Morgan fingerprint density at radius 2 is 2.32 bits per heavy atom. The predicted molar refractivity (Wildman–Crippen MR) is 76.9 cm³/mol. The van der Waals surface area contributed by atoms with Crippen LogP contribution in [0.25, 0.3) is 10.2 Å². The molecular formula is C11H10ClN5S2. The number of nitrogens with zero attached hydrogens (tertiary/aromatic N) is 5. The monoisotopic (exact) mass is 311 g/mol. The maximum atomic E-state index is 6.12. The van der Waals surface area contributed by atoms with Gasteiger partial charge >= 0.3 is 0 Å². The molecule has 5 nitrogen and oxygen atoms in total. The molecule has 0 atom stereocenters. The molecule has 0 amide bonds. The summed E-state index contributed by atoms with van der Waals surface area (Å²) >= 11 is 9.19. The summed E-state index contributed by atoms with van der Waals surface area (Å²) in [5, 5.41) is 13.1. The standard InChI is InChI=1S/C11H10ClN5S2/c1-2-6-17-10(14-15-16-17)19-11-13-9-7(12)4-3-5-8(9)18-11/h3-5H,2,6H2,1H3. The Hall–Kier alpha value is -1.18. The number of hydrogen-bond donors (Lipinski definition) is 0. The van der Waals surface area contributed by atoms with Crippen molar-refractivity contribution in [2.75, 3.05) is 0 Å². The molecule has 0 saturated heterocycles. The number of rotatable bonds is 4. The lowest BCUT2D eigenvalue weighted by atomic mass is 10.3. The third-order valence-electron chi connectivity index (χ3n) is 2.46. The fourth-order valence-corrected chi connectivity index (χ4v) is 3.90. The summed E-state index contributed by atoms with van der Waals surface area (Å²) in [6, 6.07) is 5.79. The average Bonchev–Trinajstić information content (AvgIpc) is 2.98. The van der Waals surface area contributed by atoms with Gasteiger partial charge in [0.05, 0.1) is 9.72 Å². The van der Waals surface area contributed by atoms with Gasteiger partial charge in [0.1, 0.15) is 5.52 Å². The van der Waals surface area contributed by atoms with Gasteiger partial charge in [-0.25, -0.2) is 9.67 Å². The molecular weight excluding hydrogens is 302 g/mol. The van der Waals surface area contributed by atoms with E-state index in [0.29, 0.717) is 5.02 Å². The van der Waals surface area contributed by atoms with Gasteiger partial charge in [-0.3, -0.25) is 0 Å². The largest absolute Gasteiger partial charge is 0.228 e. The van der Waals surface area contributed by atoms with E-state index >= 15 is 0 Å². The summed E-state index contributed by atoms with van der Waals surface area (Å²) in [6.45, 7) is 2.90. The first-order chi connectivity index (χ1) is 9.28. The highest BCUT2D eigenvalue weighted by atomic mass is 35.5. The van der Waals surface area contributed by atoms with E-state index in [1.54, 1.807) is 16.0 Å². The Kier molecular flexibility index (Phi) is 3.67. The lowest BCUT2D eigenvalue weighted by molar-refractivity contribution is 0.539. The van der Waals surface area contributed by atoms with Gasteiger partial charge < -0.3 is 0 Å². The van der Waals surface area contributed by atoms with Crippen molar-refractivity contribution in [2.45, 2.75) is 29.4 Å². The number of benzene rings is 1. The van der Waals surface area contributed by atoms with Crippen molar-refractivity contribution in [2.24, 2.45) is 0 Å². The van der Waals surface area contributed by atoms with E-state index < -0.39 is 0 Å². The van der Waals surface area contributed by atoms with Gasteiger partial charge in [0.25, 0.3) is 0 Å². The Morgan fingerprint density at radius 1 is 1.42 bits per heavy atom. The molecule has 0 aliphatic carbocycles. The number of thiazole rings is 1. The van der Waals surface area contributed by atoms with Crippen LogP contribution in [0.4, 0.5) is 0 Å². The van der Waals surface area contributed by atoms with Gasteiger partial charge in [0, 0.05) is 6.54 Å². The number of hydrogen-bond acceptors (Lipinski definition) is 6. The number of fused-ring (bicyclic) bond motifs is 1. The summed E-state index contributed by atoms with van der Waals surface area (Å²) in [4.78, 5) is 4.53. The van der Waals surface area contributed by atoms with Gasteiger partial charge in [0.2, 0.25) is 5.16 Å². The SMILES string of the molecule is CCCn1nnnc1Sc1nc2c(Cl)cccc2s1. The maximum absolute atomic E-state index is 6.12. The fraction of sp³-hybridized carbons (Fsp3) is 0.273. The summed E-state index contributed by atoms with van der Waals surface area (Å²) in [6.07, 6.45) is 0.990. The van der Waals surface area contributed by atoms with Crippen molar-refractivity contribution >= 4 is 44.9 Å². The summed E-state index contributed by atoms with van der Waals surface area (Å²) < 4.78 is 3.76. The van der Waals surface area contributed by atoms with Crippen LogP contribution in [0.5, 0.6) is 0 Å². The van der Waals surface area contributed by atoms with Crippen LogP contribution < -0.4 is 0 Å². The molecule has 0 unspecified atom stereocenters. The molecule has 0 radical (unpaired) electrons. The molecule has 1 aromatic carbocycles. The first-order valence-corrected chi connectivity index (χ1v) is 7.78. The van der Waals surface area contributed by atoms with Gasteiger partial charge in [-0.05, 0) is 40.7 Å². The van der Waals surface area contributed by atoms with Gasteiger partial charge in [-0.15, -0.1) is 16.4 Å². The van der Waals surface area contributed by atoms with Crippen molar-refractivity contribution in [1.29, 1.82) is 0 Å². The molecule has 19 heavy (non-hydrogen) atoms. The molecule has 98 valence electrons. The molecule has 0 bridgehead atoms. The van der Waals surface area contributed by atoms with Crippen LogP contribution in [0.1, 0.15) is 13.3 Å². The fourth-order valence-electron chi connectivity index (χ4n) is 1.64. The Bertz CT molecular complexity index is 708. The lowest BCUT2D eigenvalue weighted by Crippen LogP contribution is -2.00. The van der Waals surface area contributed by atoms with Crippen LogP contribution >= 0.6 is 34.7 Å². The first-order valence-electron chi connectivity index (χ1n) is 5.77. The van der Waals surface area contributed by atoms with E-state index in [9.17, 15) is 0 Å². The van der Waals surface area contributed by atoms with Crippen molar-refractivity contribution in [3.8, 4) is 0 Å². The number of halogens is 1. The molecule has 0 N–H and O–H groups in total.